The number of hydrogen-bond donors (Lipinski definition) is 1. The zero-order valence-corrected chi connectivity index (χ0v) is 11.3. The maximum atomic E-state index is 5.90. The number of fused-ring (bicyclic) bond motifs is 1. The molecule has 0 atom stereocenters. The quantitative estimate of drug-likeness (QED) is 0.791. The van der Waals surface area contributed by atoms with Gasteiger partial charge in [-0.2, -0.15) is 0 Å². The summed E-state index contributed by atoms with van der Waals surface area (Å²) in [5, 5.41) is 0. The Hall–Kier alpha value is -1.18. The van der Waals surface area contributed by atoms with Gasteiger partial charge in [0.1, 0.15) is 0 Å². The van der Waals surface area contributed by atoms with Gasteiger partial charge in [-0.15, -0.1) is 0 Å². The van der Waals surface area contributed by atoms with Crippen LogP contribution in [0.15, 0.2) is 18.2 Å². The third-order valence-electron chi connectivity index (χ3n) is 3.46. The Morgan fingerprint density at radius 3 is 2.76 bits per heavy atom. The van der Waals surface area contributed by atoms with Gasteiger partial charge in [0.2, 0.25) is 0 Å². The molecule has 17 heavy (non-hydrogen) atoms. The Balaban J connectivity index is 2.14. The Bertz CT molecular complexity index is 390. The fourth-order valence-electron chi connectivity index (χ4n) is 2.37. The molecule has 1 aliphatic heterocycles. The van der Waals surface area contributed by atoms with Gasteiger partial charge in [0.25, 0.3) is 0 Å². The summed E-state index contributed by atoms with van der Waals surface area (Å²) in [5.74, 6) is 0. The number of nitrogens with zero attached hydrogens (tertiary/aromatic N) is 1. The van der Waals surface area contributed by atoms with Crippen molar-refractivity contribution in [2.24, 2.45) is 5.41 Å². The van der Waals surface area contributed by atoms with Gasteiger partial charge in [-0.3, -0.25) is 0 Å². The third kappa shape index (κ3) is 3.15. The van der Waals surface area contributed by atoms with E-state index >= 15 is 0 Å². The van der Waals surface area contributed by atoms with Crippen LogP contribution in [0.1, 0.15) is 39.2 Å². The number of anilines is 2. The zero-order chi connectivity index (χ0) is 12.5. The second-order valence-corrected chi connectivity index (χ2v) is 6.29. The molecule has 1 aromatic rings. The minimum Gasteiger partial charge on any atom is -0.399 e. The van der Waals surface area contributed by atoms with Gasteiger partial charge in [0.15, 0.2) is 0 Å². The number of benzene rings is 1. The first-order chi connectivity index (χ1) is 7.96. The van der Waals surface area contributed by atoms with Crippen LogP contribution in [0.5, 0.6) is 0 Å². The molecule has 0 spiro atoms. The van der Waals surface area contributed by atoms with Crippen LogP contribution in [0, 0.1) is 5.41 Å². The molecule has 2 nitrogen and oxygen atoms in total. The van der Waals surface area contributed by atoms with Crippen LogP contribution < -0.4 is 10.6 Å². The Kier molecular flexibility index (Phi) is 3.32. The number of hydrogen-bond acceptors (Lipinski definition) is 2. The van der Waals surface area contributed by atoms with Gasteiger partial charge >= 0.3 is 0 Å². The van der Waals surface area contributed by atoms with E-state index in [9.17, 15) is 0 Å². The molecule has 1 aliphatic rings. The van der Waals surface area contributed by atoms with Crippen LogP contribution in [0.3, 0.4) is 0 Å². The fourth-order valence-corrected chi connectivity index (χ4v) is 2.37. The molecule has 0 unspecified atom stereocenters. The van der Waals surface area contributed by atoms with Crippen molar-refractivity contribution in [3.8, 4) is 0 Å². The topological polar surface area (TPSA) is 29.3 Å². The maximum Gasteiger partial charge on any atom is 0.0419 e. The van der Waals surface area contributed by atoms with Crippen LogP contribution in [0.2, 0.25) is 0 Å². The van der Waals surface area contributed by atoms with Gasteiger partial charge in [-0.1, -0.05) is 26.8 Å². The molecule has 0 amide bonds. The van der Waals surface area contributed by atoms with E-state index in [1.807, 2.05) is 6.07 Å². The van der Waals surface area contributed by atoms with E-state index in [1.54, 1.807) is 0 Å². The summed E-state index contributed by atoms with van der Waals surface area (Å²) in [4.78, 5) is 2.50. The lowest BCUT2D eigenvalue weighted by Crippen LogP contribution is -2.32. The normalized spacial score (nSPS) is 15.8. The average molecular weight is 232 g/mol. The van der Waals surface area contributed by atoms with E-state index in [0.717, 1.165) is 12.2 Å². The molecule has 2 N–H and O–H groups in total. The summed E-state index contributed by atoms with van der Waals surface area (Å²) in [7, 11) is 0. The number of nitrogens with two attached hydrogens (primary N) is 1. The van der Waals surface area contributed by atoms with Crippen molar-refractivity contribution in [3.63, 3.8) is 0 Å². The van der Waals surface area contributed by atoms with Gasteiger partial charge in [-0.05, 0) is 42.4 Å². The first kappa shape index (κ1) is 12.3. The minimum absolute atomic E-state index is 0.401. The summed E-state index contributed by atoms with van der Waals surface area (Å²) in [6, 6.07) is 6.34. The fraction of sp³-hybridized carbons (Fsp3) is 0.600. The van der Waals surface area contributed by atoms with E-state index in [4.69, 9.17) is 5.73 Å². The second-order valence-electron chi connectivity index (χ2n) is 6.29. The molecule has 2 heteroatoms. The van der Waals surface area contributed by atoms with Gasteiger partial charge in [-0.25, -0.2) is 0 Å². The molecule has 1 aromatic carbocycles. The largest absolute Gasteiger partial charge is 0.399 e. The van der Waals surface area contributed by atoms with Crippen molar-refractivity contribution in [2.45, 2.75) is 40.0 Å². The number of aryl methyl sites for hydroxylation is 1. The lowest BCUT2D eigenvalue weighted by molar-refractivity contribution is 0.377. The molecule has 1 heterocycles. The van der Waals surface area contributed by atoms with Crippen molar-refractivity contribution >= 4 is 11.4 Å². The third-order valence-corrected chi connectivity index (χ3v) is 3.46. The van der Waals surface area contributed by atoms with Crippen LogP contribution in [-0.2, 0) is 6.42 Å². The summed E-state index contributed by atoms with van der Waals surface area (Å²) < 4.78 is 0. The summed E-state index contributed by atoms with van der Waals surface area (Å²) in [6.07, 6.45) is 3.68. The lowest BCUT2D eigenvalue weighted by atomic mass is 9.91. The molecular formula is C15H24N2. The predicted molar refractivity (Wildman–Crippen MR) is 75.5 cm³/mol. The van der Waals surface area contributed by atoms with E-state index in [0.29, 0.717) is 5.41 Å². The van der Waals surface area contributed by atoms with Crippen LogP contribution in [0.4, 0.5) is 11.4 Å². The molecule has 0 bridgehead atoms. The van der Waals surface area contributed by atoms with Crippen molar-refractivity contribution in [3.05, 3.63) is 23.8 Å². The molecule has 0 fully saturated rings. The molecule has 0 saturated heterocycles. The predicted octanol–water partition coefficient (Wildman–Crippen LogP) is 3.46. The van der Waals surface area contributed by atoms with Gasteiger partial charge in [0.05, 0.1) is 0 Å². The zero-order valence-electron chi connectivity index (χ0n) is 11.3. The highest BCUT2D eigenvalue weighted by Gasteiger charge is 2.19. The smallest absolute Gasteiger partial charge is 0.0419 e. The van der Waals surface area contributed by atoms with E-state index in [2.05, 4.69) is 37.8 Å². The highest BCUT2D eigenvalue weighted by molar-refractivity contribution is 5.62. The van der Waals surface area contributed by atoms with E-state index < -0.39 is 0 Å². The van der Waals surface area contributed by atoms with Crippen molar-refractivity contribution < 1.29 is 0 Å². The molecule has 0 aliphatic carbocycles. The maximum absolute atomic E-state index is 5.90. The Morgan fingerprint density at radius 2 is 2.06 bits per heavy atom. The molecular weight excluding hydrogens is 208 g/mol. The van der Waals surface area contributed by atoms with Gasteiger partial charge in [0, 0.05) is 24.5 Å². The Morgan fingerprint density at radius 1 is 1.29 bits per heavy atom. The Labute approximate surface area is 105 Å². The van der Waals surface area contributed by atoms with Gasteiger partial charge < -0.3 is 10.6 Å². The molecule has 0 saturated carbocycles. The first-order valence-corrected chi connectivity index (χ1v) is 6.59. The van der Waals surface area contributed by atoms with E-state index in [1.165, 1.54) is 37.1 Å². The van der Waals surface area contributed by atoms with Crippen LogP contribution >= 0.6 is 0 Å². The molecule has 94 valence electrons. The number of nitrogen functional groups attached to an aromatic ring is 1. The average Bonchev–Trinajstić information content (AvgIpc) is 2.25. The van der Waals surface area contributed by atoms with Crippen LogP contribution in [-0.4, -0.2) is 13.1 Å². The molecule has 0 aromatic heterocycles. The van der Waals surface area contributed by atoms with Crippen LogP contribution in [0.25, 0.3) is 0 Å². The summed E-state index contributed by atoms with van der Waals surface area (Å²) in [6.45, 7) is 9.22. The highest BCUT2D eigenvalue weighted by atomic mass is 15.1. The lowest BCUT2D eigenvalue weighted by Gasteiger charge is -2.33. The van der Waals surface area contributed by atoms with E-state index in [-0.39, 0.29) is 0 Å². The van der Waals surface area contributed by atoms with Crippen molar-refractivity contribution in [1.82, 2.24) is 0 Å². The first-order valence-electron chi connectivity index (χ1n) is 6.59. The minimum atomic E-state index is 0.401. The van der Waals surface area contributed by atoms with Crippen molar-refractivity contribution in [2.75, 3.05) is 23.7 Å². The summed E-state index contributed by atoms with van der Waals surface area (Å²) in [5.41, 5.74) is 10.0. The summed E-state index contributed by atoms with van der Waals surface area (Å²) >= 11 is 0. The number of rotatable bonds is 2. The second kappa shape index (κ2) is 4.59. The standard InChI is InChI=1S/C15H24N2/c1-15(2,3)8-10-17-9-4-5-12-6-7-13(16)11-14(12)17/h6-7,11H,4-5,8-10,16H2,1-3H3. The van der Waals surface area contributed by atoms with Crippen molar-refractivity contribution in [1.29, 1.82) is 0 Å². The molecule has 2 rings (SSSR count). The highest BCUT2D eigenvalue weighted by Crippen LogP contribution is 2.30. The monoisotopic (exact) mass is 232 g/mol. The molecule has 0 radical (unpaired) electrons. The SMILES string of the molecule is CC(C)(C)CCN1CCCc2ccc(N)cc21.